The predicted octanol–water partition coefficient (Wildman–Crippen LogP) is 3.82. The van der Waals surface area contributed by atoms with Crippen molar-refractivity contribution < 1.29 is 0 Å². The summed E-state index contributed by atoms with van der Waals surface area (Å²) in [4.78, 5) is 2.45. The van der Waals surface area contributed by atoms with E-state index in [1.165, 1.54) is 6.42 Å². The Bertz CT molecular complexity index is 428. The number of hydrogen-bond donors (Lipinski definition) is 1. The molecule has 0 saturated carbocycles. The van der Waals surface area contributed by atoms with Gasteiger partial charge < -0.3 is 5.73 Å². The monoisotopic (exact) mass is 318 g/mol. The first-order valence-corrected chi connectivity index (χ1v) is 8.47. The molecule has 1 fully saturated rings. The summed E-state index contributed by atoms with van der Waals surface area (Å²) in [6, 6.07) is 5.97. The molecular formula is C14H20Cl2N2S. The van der Waals surface area contributed by atoms with Crippen molar-refractivity contribution in [3.05, 3.63) is 33.8 Å². The third-order valence-electron chi connectivity index (χ3n) is 3.63. The Balaban J connectivity index is 2.21. The first-order valence-electron chi connectivity index (χ1n) is 6.67. The predicted molar refractivity (Wildman–Crippen MR) is 86.4 cm³/mol. The van der Waals surface area contributed by atoms with Crippen molar-refractivity contribution in [3.63, 3.8) is 0 Å². The fraction of sp³-hybridized carbons (Fsp3) is 0.571. The van der Waals surface area contributed by atoms with Gasteiger partial charge in [0.2, 0.25) is 0 Å². The maximum Gasteiger partial charge on any atom is 0.0640 e. The van der Waals surface area contributed by atoms with Crippen LogP contribution in [0.5, 0.6) is 0 Å². The molecule has 0 amide bonds. The topological polar surface area (TPSA) is 29.3 Å². The molecule has 1 heterocycles. The molecule has 2 unspecified atom stereocenters. The molecule has 2 N–H and O–H groups in total. The Kier molecular flexibility index (Phi) is 5.85. The largest absolute Gasteiger partial charge is 0.329 e. The second kappa shape index (κ2) is 7.19. The molecule has 2 atom stereocenters. The lowest BCUT2D eigenvalue weighted by molar-refractivity contribution is 0.207. The van der Waals surface area contributed by atoms with Gasteiger partial charge in [-0.1, -0.05) is 42.3 Å². The van der Waals surface area contributed by atoms with Gasteiger partial charge in [-0.15, -0.1) is 0 Å². The molecule has 0 radical (unpaired) electrons. The van der Waals surface area contributed by atoms with Crippen LogP contribution in [0.2, 0.25) is 10.0 Å². The summed E-state index contributed by atoms with van der Waals surface area (Å²) in [6.45, 7) is 4.95. The number of nitrogens with two attached hydrogens (primary N) is 1. The molecule has 19 heavy (non-hydrogen) atoms. The van der Waals surface area contributed by atoms with E-state index in [4.69, 9.17) is 28.9 Å². The molecule has 106 valence electrons. The van der Waals surface area contributed by atoms with Crippen molar-refractivity contribution in [1.29, 1.82) is 0 Å². The first kappa shape index (κ1) is 15.5. The van der Waals surface area contributed by atoms with Gasteiger partial charge >= 0.3 is 0 Å². The van der Waals surface area contributed by atoms with E-state index in [9.17, 15) is 0 Å². The zero-order valence-electron chi connectivity index (χ0n) is 11.1. The van der Waals surface area contributed by atoms with Crippen LogP contribution in [0.4, 0.5) is 0 Å². The van der Waals surface area contributed by atoms with E-state index in [0.29, 0.717) is 21.8 Å². The van der Waals surface area contributed by atoms with E-state index in [2.05, 4.69) is 23.6 Å². The summed E-state index contributed by atoms with van der Waals surface area (Å²) in [5, 5.41) is 1.95. The Morgan fingerprint density at radius 1 is 1.47 bits per heavy atom. The van der Waals surface area contributed by atoms with E-state index < -0.39 is 0 Å². The molecular weight excluding hydrogens is 299 g/mol. The van der Waals surface area contributed by atoms with Crippen LogP contribution in [0.1, 0.15) is 24.9 Å². The third-order valence-corrected chi connectivity index (χ3v) is 5.84. The lowest BCUT2D eigenvalue weighted by atomic mass is 10.0. The van der Waals surface area contributed by atoms with Gasteiger partial charge in [0.1, 0.15) is 0 Å². The van der Waals surface area contributed by atoms with Crippen molar-refractivity contribution in [2.45, 2.75) is 24.6 Å². The molecule has 1 aliphatic heterocycles. The summed E-state index contributed by atoms with van der Waals surface area (Å²) in [5.74, 6) is 1.16. The number of rotatable bonds is 4. The van der Waals surface area contributed by atoms with Crippen LogP contribution in [0.15, 0.2) is 18.2 Å². The van der Waals surface area contributed by atoms with Gasteiger partial charge in [0, 0.05) is 36.7 Å². The average molecular weight is 319 g/mol. The normalized spacial score (nSPS) is 22.4. The third kappa shape index (κ3) is 3.59. The molecule has 5 heteroatoms. The van der Waals surface area contributed by atoms with E-state index in [1.807, 2.05) is 18.2 Å². The smallest absolute Gasteiger partial charge is 0.0640 e. The van der Waals surface area contributed by atoms with Crippen molar-refractivity contribution in [2.75, 3.05) is 25.4 Å². The van der Waals surface area contributed by atoms with Crippen LogP contribution < -0.4 is 5.73 Å². The molecule has 0 spiro atoms. The van der Waals surface area contributed by atoms with Gasteiger partial charge in [0.05, 0.1) is 10.0 Å². The molecule has 1 aromatic rings. The molecule has 2 rings (SSSR count). The number of benzene rings is 1. The Labute approximate surface area is 129 Å². The Morgan fingerprint density at radius 2 is 2.26 bits per heavy atom. The fourth-order valence-electron chi connectivity index (χ4n) is 2.52. The molecule has 0 aromatic heterocycles. The van der Waals surface area contributed by atoms with E-state index >= 15 is 0 Å². The highest BCUT2D eigenvalue weighted by Crippen LogP contribution is 2.34. The molecule has 1 aromatic carbocycles. The summed E-state index contributed by atoms with van der Waals surface area (Å²) < 4.78 is 0. The summed E-state index contributed by atoms with van der Waals surface area (Å²) >= 11 is 14.5. The minimum absolute atomic E-state index is 0.168. The lowest BCUT2D eigenvalue weighted by Gasteiger charge is -2.38. The SMILES string of the molecule is CCC1CN(C(CN)c2cccc(Cl)c2Cl)CCS1. The fourth-order valence-corrected chi connectivity index (χ4v) is 4.16. The molecule has 1 saturated heterocycles. The van der Waals surface area contributed by atoms with Crippen LogP contribution in [-0.2, 0) is 0 Å². The van der Waals surface area contributed by atoms with E-state index in [0.717, 1.165) is 24.4 Å². The van der Waals surface area contributed by atoms with Crippen LogP contribution in [0.3, 0.4) is 0 Å². The highest BCUT2D eigenvalue weighted by molar-refractivity contribution is 8.00. The molecule has 0 aliphatic carbocycles. The van der Waals surface area contributed by atoms with E-state index in [-0.39, 0.29) is 6.04 Å². The molecule has 2 nitrogen and oxygen atoms in total. The lowest BCUT2D eigenvalue weighted by Crippen LogP contribution is -2.42. The van der Waals surface area contributed by atoms with Gasteiger partial charge in [-0.05, 0) is 18.1 Å². The quantitative estimate of drug-likeness (QED) is 0.915. The highest BCUT2D eigenvalue weighted by atomic mass is 35.5. The van der Waals surface area contributed by atoms with Crippen LogP contribution in [0, 0.1) is 0 Å². The number of hydrogen-bond acceptors (Lipinski definition) is 3. The summed E-state index contributed by atoms with van der Waals surface area (Å²) in [6.07, 6.45) is 1.20. The minimum Gasteiger partial charge on any atom is -0.329 e. The summed E-state index contributed by atoms with van der Waals surface area (Å²) in [5.41, 5.74) is 7.05. The Morgan fingerprint density at radius 3 is 2.95 bits per heavy atom. The maximum atomic E-state index is 6.34. The zero-order chi connectivity index (χ0) is 13.8. The molecule has 0 bridgehead atoms. The second-order valence-corrected chi connectivity index (χ2v) is 6.98. The molecule has 1 aliphatic rings. The van der Waals surface area contributed by atoms with Gasteiger partial charge in [0.25, 0.3) is 0 Å². The van der Waals surface area contributed by atoms with Crippen LogP contribution in [-0.4, -0.2) is 35.5 Å². The summed E-state index contributed by atoms with van der Waals surface area (Å²) in [7, 11) is 0. The van der Waals surface area contributed by atoms with Crippen LogP contribution in [0.25, 0.3) is 0 Å². The number of nitrogens with zero attached hydrogens (tertiary/aromatic N) is 1. The zero-order valence-corrected chi connectivity index (χ0v) is 13.4. The van der Waals surface area contributed by atoms with Gasteiger partial charge in [-0.3, -0.25) is 4.90 Å². The van der Waals surface area contributed by atoms with Crippen molar-refractivity contribution >= 4 is 35.0 Å². The highest BCUT2D eigenvalue weighted by Gasteiger charge is 2.27. The maximum absolute atomic E-state index is 6.34. The van der Waals surface area contributed by atoms with Crippen LogP contribution >= 0.6 is 35.0 Å². The van der Waals surface area contributed by atoms with Crippen molar-refractivity contribution in [3.8, 4) is 0 Å². The average Bonchev–Trinajstić information content (AvgIpc) is 2.44. The Hall–Kier alpha value is 0.0700. The number of halogens is 2. The van der Waals surface area contributed by atoms with Gasteiger partial charge in [-0.25, -0.2) is 0 Å². The van der Waals surface area contributed by atoms with Gasteiger partial charge in [-0.2, -0.15) is 11.8 Å². The number of thioether (sulfide) groups is 1. The van der Waals surface area contributed by atoms with Gasteiger partial charge in [0.15, 0.2) is 0 Å². The standard InChI is InChI=1S/C14H20Cl2N2S/c1-2-10-9-18(6-7-19-10)13(8-17)11-4-3-5-12(15)14(11)16/h3-5,10,13H,2,6-9,17H2,1H3. The minimum atomic E-state index is 0.168. The van der Waals surface area contributed by atoms with E-state index in [1.54, 1.807) is 0 Å². The second-order valence-electron chi connectivity index (χ2n) is 4.79. The van der Waals surface area contributed by atoms with Crippen molar-refractivity contribution in [2.24, 2.45) is 5.73 Å². The van der Waals surface area contributed by atoms with Crippen molar-refractivity contribution in [1.82, 2.24) is 4.90 Å². The first-order chi connectivity index (χ1) is 9.17.